The number of piperidine rings is 1. The van der Waals surface area contributed by atoms with Crippen molar-refractivity contribution in [2.75, 3.05) is 39.2 Å². The SMILES string of the molecule is CN1CCC(N(CCO)C(=O)CCCCl)CC1. The van der Waals surface area contributed by atoms with Crippen molar-refractivity contribution in [1.82, 2.24) is 9.80 Å². The number of aliphatic hydroxyl groups excluding tert-OH is 1. The third-order valence-corrected chi connectivity index (χ3v) is 3.58. The van der Waals surface area contributed by atoms with E-state index in [0.29, 0.717) is 24.9 Å². The van der Waals surface area contributed by atoms with Gasteiger partial charge in [-0.15, -0.1) is 11.6 Å². The van der Waals surface area contributed by atoms with Crippen LogP contribution in [-0.2, 0) is 4.79 Å². The zero-order chi connectivity index (χ0) is 12.7. The van der Waals surface area contributed by atoms with Gasteiger partial charge in [-0.3, -0.25) is 4.79 Å². The maximum Gasteiger partial charge on any atom is 0.222 e. The smallest absolute Gasteiger partial charge is 0.222 e. The molecule has 1 aliphatic rings. The van der Waals surface area contributed by atoms with Gasteiger partial charge in [-0.05, 0) is 39.4 Å². The molecule has 0 aromatic heterocycles. The monoisotopic (exact) mass is 262 g/mol. The number of carbonyl (C=O) groups excluding carboxylic acids is 1. The van der Waals surface area contributed by atoms with Gasteiger partial charge in [0.15, 0.2) is 0 Å². The molecule has 1 fully saturated rings. The maximum atomic E-state index is 12.0. The number of amides is 1. The Hall–Kier alpha value is -0.320. The van der Waals surface area contributed by atoms with Crippen molar-refractivity contribution in [3.8, 4) is 0 Å². The van der Waals surface area contributed by atoms with Crippen LogP contribution in [0, 0.1) is 0 Å². The summed E-state index contributed by atoms with van der Waals surface area (Å²) in [5, 5.41) is 9.06. The Morgan fingerprint density at radius 2 is 2.12 bits per heavy atom. The first-order valence-corrected chi connectivity index (χ1v) is 6.87. The summed E-state index contributed by atoms with van der Waals surface area (Å²) in [6.07, 6.45) is 3.22. The molecule has 0 radical (unpaired) electrons. The summed E-state index contributed by atoms with van der Waals surface area (Å²) in [6.45, 7) is 2.54. The van der Waals surface area contributed by atoms with E-state index in [1.165, 1.54) is 0 Å². The van der Waals surface area contributed by atoms with Crippen molar-refractivity contribution in [2.24, 2.45) is 0 Å². The Morgan fingerprint density at radius 3 is 2.65 bits per heavy atom. The number of likely N-dealkylation sites (tertiary alicyclic amines) is 1. The van der Waals surface area contributed by atoms with Gasteiger partial charge in [0.1, 0.15) is 0 Å². The number of rotatable bonds is 6. The Balaban J connectivity index is 2.49. The van der Waals surface area contributed by atoms with Crippen LogP contribution in [0.25, 0.3) is 0 Å². The van der Waals surface area contributed by atoms with Crippen molar-refractivity contribution in [3.63, 3.8) is 0 Å². The van der Waals surface area contributed by atoms with Crippen LogP contribution in [0.15, 0.2) is 0 Å². The molecule has 0 aliphatic carbocycles. The number of nitrogens with zero attached hydrogens (tertiary/aromatic N) is 2. The summed E-state index contributed by atoms with van der Waals surface area (Å²) >= 11 is 5.61. The molecule has 100 valence electrons. The number of halogens is 1. The average molecular weight is 263 g/mol. The van der Waals surface area contributed by atoms with Crippen LogP contribution in [0.3, 0.4) is 0 Å². The zero-order valence-electron chi connectivity index (χ0n) is 10.6. The Bertz CT molecular complexity index is 231. The third kappa shape index (κ3) is 4.82. The lowest BCUT2D eigenvalue weighted by molar-refractivity contribution is -0.135. The molecule has 1 amide bonds. The van der Waals surface area contributed by atoms with E-state index in [1.807, 2.05) is 4.90 Å². The molecule has 4 nitrogen and oxygen atoms in total. The second-order valence-corrected chi connectivity index (χ2v) is 5.02. The van der Waals surface area contributed by atoms with Crippen molar-refractivity contribution in [3.05, 3.63) is 0 Å². The highest BCUT2D eigenvalue weighted by atomic mass is 35.5. The van der Waals surface area contributed by atoms with E-state index in [-0.39, 0.29) is 12.5 Å². The lowest BCUT2D eigenvalue weighted by atomic mass is 10.0. The van der Waals surface area contributed by atoms with Crippen molar-refractivity contribution in [1.29, 1.82) is 0 Å². The van der Waals surface area contributed by atoms with Crippen molar-refractivity contribution >= 4 is 17.5 Å². The summed E-state index contributed by atoms with van der Waals surface area (Å²) in [6, 6.07) is 0.293. The summed E-state index contributed by atoms with van der Waals surface area (Å²) in [4.78, 5) is 16.1. The van der Waals surface area contributed by atoms with Gasteiger partial charge < -0.3 is 14.9 Å². The highest BCUT2D eigenvalue weighted by Gasteiger charge is 2.25. The van der Waals surface area contributed by atoms with Crippen LogP contribution in [-0.4, -0.2) is 66.0 Å². The molecule has 1 saturated heterocycles. The van der Waals surface area contributed by atoms with Crippen LogP contribution < -0.4 is 0 Å². The van der Waals surface area contributed by atoms with Gasteiger partial charge >= 0.3 is 0 Å². The fraction of sp³-hybridized carbons (Fsp3) is 0.917. The molecule has 1 heterocycles. The Kier molecular flexibility index (Phi) is 6.85. The van der Waals surface area contributed by atoms with Gasteiger partial charge in [-0.25, -0.2) is 0 Å². The molecule has 0 saturated carbocycles. The lowest BCUT2D eigenvalue weighted by Gasteiger charge is -2.37. The normalized spacial score (nSPS) is 18.3. The minimum atomic E-state index is 0.0406. The molecule has 1 N–H and O–H groups in total. The fourth-order valence-electron chi connectivity index (χ4n) is 2.29. The van der Waals surface area contributed by atoms with Gasteiger partial charge in [-0.1, -0.05) is 0 Å². The summed E-state index contributed by atoms with van der Waals surface area (Å²) in [5.74, 6) is 0.654. The van der Waals surface area contributed by atoms with E-state index in [4.69, 9.17) is 16.7 Å². The molecule has 0 spiro atoms. The van der Waals surface area contributed by atoms with Crippen molar-refractivity contribution < 1.29 is 9.90 Å². The quantitative estimate of drug-likeness (QED) is 0.724. The van der Waals surface area contributed by atoms with Gasteiger partial charge in [0, 0.05) is 24.9 Å². The predicted molar refractivity (Wildman–Crippen MR) is 69.3 cm³/mol. The van der Waals surface area contributed by atoms with Gasteiger partial charge in [0.05, 0.1) is 6.61 Å². The zero-order valence-corrected chi connectivity index (χ0v) is 11.3. The standard InChI is InChI=1S/C12H23ClN2O2/c1-14-7-4-11(5-8-14)15(9-10-16)12(17)3-2-6-13/h11,16H,2-10H2,1H3. The molecule has 0 aromatic rings. The molecule has 0 bridgehead atoms. The minimum Gasteiger partial charge on any atom is -0.395 e. The fourth-order valence-corrected chi connectivity index (χ4v) is 2.42. The first-order valence-electron chi connectivity index (χ1n) is 6.34. The average Bonchev–Trinajstić information content (AvgIpc) is 2.34. The van der Waals surface area contributed by atoms with Gasteiger partial charge in [0.2, 0.25) is 5.91 Å². The third-order valence-electron chi connectivity index (χ3n) is 3.31. The molecule has 0 aromatic carbocycles. The highest BCUT2D eigenvalue weighted by molar-refractivity contribution is 6.17. The molecular formula is C12H23ClN2O2. The van der Waals surface area contributed by atoms with Gasteiger partial charge in [0.25, 0.3) is 0 Å². The van der Waals surface area contributed by atoms with E-state index < -0.39 is 0 Å². The topological polar surface area (TPSA) is 43.8 Å². The van der Waals surface area contributed by atoms with E-state index >= 15 is 0 Å². The lowest BCUT2D eigenvalue weighted by Crippen LogP contribution is -2.47. The van der Waals surface area contributed by atoms with Crippen LogP contribution in [0.2, 0.25) is 0 Å². The Labute approximate surface area is 109 Å². The number of hydrogen-bond donors (Lipinski definition) is 1. The maximum absolute atomic E-state index is 12.0. The summed E-state index contributed by atoms with van der Waals surface area (Å²) in [5.41, 5.74) is 0. The Morgan fingerprint density at radius 1 is 1.47 bits per heavy atom. The largest absolute Gasteiger partial charge is 0.395 e. The summed E-state index contributed by atoms with van der Waals surface area (Å²) < 4.78 is 0. The molecule has 5 heteroatoms. The number of alkyl halides is 1. The van der Waals surface area contributed by atoms with Crippen LogP contribution in [0.1, 0.15) is 25.7 Å². The first-order chi connectivity index (χ1) is 8.19. The minimum absolute atomic E-state index is 0.0406. The molecule has 17 heavy (non-hydrogen) atoms. The van der Waals surface area contributed by atoms with Crippen LogP contribution in [0.4, 0.5) is 0 Å². The molecular weight excluding hydrogens is 240 g/mol. The van der Waals surface area contributed by atoms with E-state index in [9.17, 15) is 4.79 Å². The van der Waals surface area contributed by atoms with Crippen LogP contribution >= 0.6 is 11.6 Å². The van der Waals surface area contributed by atoms with E-state index in [1.54, 1.807) is 0 Å². The van der Waals surface area contributed by atoms with Crippen molar-refractivity contribution in [2.45, 2.75) is 31.7 Å². The second-order valence-electron chi connectivity index (χ2n) is 4.64. The summed E-state index contributed by atoms with van der Waals surface area (Å²) in [7, 11) is 2.10. The highest BCUT2D eigenvalue weighted by Crippen LogP contribution is 2.16. The molecule has 0 atom stereocenters. The van der Waals surface area contributed by atoms with Crippen LogP contribution in [0.5, 0.6) is 0 Å². The molecule has 1 rings (SSSR count). The number of carbonyl (C=O) groups is 1. The molecule has 1 aliphatic heterocycles. The number of hydrogen-bond acceptors (Lipinski definition) is 3. The predicted octanol–water partition coefficient (Wildman–Crippen LogP) is 0.920. The second kappa shape index (κ2) is 7.90. The van der Waals surface area contributed by atoms with E-state index in [0.717, 1.165) is 32.4 Å². The van der Waals surface area contributed by atoms with Gasteiger partial charge in [-0.2, -0.15) is 0 Å². The van der Waals surface area contributed by atoms with E-state index in [2.05, 4.69) is 11.9 Å². The molecule has 0 unspecified atom stereocenters. The first kappa shape index (κ1) is 14.7. The number of aliphatic hydroxyl groups is 1.